The molecule has 27 rings (SSSR count). The van der Waals surface area contributed by atoms with Crippen LogP contribution in [0.2, 0.25) is 0 Å². The molecule has 0 amide bonds. The van der Waals surface area contributed by atoms with E-state index in [1.807, 2.05) is 149 Å². The minimum atomic E-state index is 0. The standard InChI is InChI=1S/3C36H19N5S3.3Pt/c1-2-10-33-30(9-1)40-36(44-33)28-21-32-26(20-27(28)35-39-15-17-43-35)25-19-23(34-38-14-16-42-34)11-12-31(25)41(32)24-7-5-6-22(18-24)29-8-3-4-13-37-29;1-2-7-33-29(6-1)40-35(44-33)24-9-11-25-27-19-23(34-38-15-17-42-34)10-13-30(27)41(31(25)21-24)32-20-22(28-5-3-4-14-37-28)8-12-26(32)36-39-16-18-43-36;1-2-7-33-30(6-1)40-36(44-33)24-8-11-27-28-19-23(34-37-14-16-42-34)10-13-31(28)41(32(27)20-24)26-5-3-4-22(18-26)29-12-9-25(21-39-29)35-38-15-17-43-35;;;/h1-17,19-20H;1-19H;1-17,19,21H;;;/q3*-2;3*+2. The molecule has 0 bridgehead atoms. The van der Waals surface area contributed by atoms with Gasteiger partial charge in [0.05, 0.1) is 26.6 Å². The maximum absolute atomic E-state index is 5.05. The van der Waals surface area contributed by atoms with Gasteiger partial charge in [0.25, 0.3) is 0 Å². The third-order valence-electron chi connectivity index (χ3n) is 22.9. The summed E-state index contributed by atoms with van der Waals surface area (Å²) in [6.45, 7) is 0. The summed E-state index contributed by atoms with van der Waals surface area (Å²) >= 11 is 14.8. The van der Waals surface area contributed by atoms with Crippen molar-refractivity contribution >= 4 is 198 Å². The predicted octanol–water partition coefficient (Wildman–Crippen LogP) is 29.9. The van der Waals surface area contributed by atoms with Crippen LogP contribution in [0.4, 0.5) is 0 Å². The van der Waals surface area contributed by atoms with Crippen molar-refractivity contribution in [1.82, 2.24) is 73.5 Å². The van der Waals surface area contributed by atoms with Gasteiger partial charge in [0.2, 0.25) is 0 Å². The quantitative estimate of drug-likeness (QED) is 0.0892. The van der Waals surface area contributed by atoms with Crippen LogP contribution in [-0.4, -0.2) is 73.5 Å². The molecular formula is C108H57N15Pt3S9. The molecule has 0 saturated carbocycles. The first-order valence-corrected chi connectivity index (χ1v) is 49.6. The summed E-state index contributed by atoms with van der Waals surface area (Å²) < 4.78 is 10.2. The summed E-state index contributed by atoms with van der Waals surface area (Å²) in [5.41, 5.74) is 26.4. The predicted molar refractivity (Wildman–Crippen MR) is 548 cm³/mol. The van der Waals surface area contributed by atoms with Crippen molar-refractivity contribution in [2.75, 3.05) is 0 Å². The van der Waals surface area contributed by atoms with Gasteiger partial charge in [0.1, 0.15) is 20.0 Å². The van der Waals surface area contributed by atoms with Crippen LogP contribution in [0, 0.1) is 36.4 Å². The second-order valence-electron chi connectivity index (χ2n) is 30.7. The maximum Gasteiger partial charge on any atom is 2.00 e. The molecule has 0 fully saturated rings. The second kappa shape index (κ2) is 37.7. The summed E-state index contributed by atoms with van der Waals surface area (Å²) in [6.07, 6.45) is 16.6. The van der Waals surface area contributed by atoms with Gasteiger partial charge in [-0.25, -0.2) is 19.9 Å². The summed E-state index contributed by atoms with van der Waals surface area (Å²) in [5, 5.41) is 27.4. The van der Waals surface area contributed by atoms with E-state index in [1.54, 1.807) is 102 Å². The zero-order chi connectivity index (χ0) is 87.1. The van der Waals surface area contributed by atoms with Crippen LogP contribution in [0.15, 0.2) is 343 Å². The fourth-order valence-corrected chi connectivity index (χ4v) is 23.6. The van der Waals surface area contributed by atoms with Gasteiger partial charge < -0.3 is 28.7 Å². The van der Waals surface area contributed by atoms with E-state index in [9.17, 15) is 0 Å². The Morgan fingerprint density at radius 1 is 0.237 bits per heavy atom. The molecule has 135 heavy (non-hydrogen) atoms. The molecular weight excluding hydrogens is 2380 g/mol. The topological polar surface area (TPSA) is 169 Å². The van der Waals surface area contributed by atoms with Crippen molar-refractivity contribution in [1.29, 1.82) is 0 Å². The van der Waals surface area contributed by atoms with E-state index in [2.05, 4.69) is 274 Å². The molecule has 648 valence electrons. The molecule has 0 saturated heterocycles. The summed E-state index contributed by atoms with van der Waals surface area (Å²) in [6, 6.07) is 111. The number of fused-ring (bicyclic) bond motifs is 12. The fourth-order valence-electron chi connectivity index (χ4n) is 16.9. The number of benzene rings is 12. The Bertz CT molecular complexity index is 8890. The minimum Gasteiger partial charge on any atom is -0.346 e. The molecule has 27 aromatic rings. The van der Waals surface area contributed by atoms with Gasteiger partial charge >= 0.3 is 63.2 Å². The van der Waals surface area contributed by atoms with Gasteiger partial charge in [-0.15, -0.1) is 217 Å². The second-order valence-corrected chi connectivity index (χ2v) is 39.1. The molecule has 0 radical (unpaired) electrons. The number of para-hydroxylation sites is 3. The number of aromatic nitrogens is 15. The monoisotopic (exact) mass is 2440 g/mol. The summed E-state index contributed by atoms with van der Waals surface area (Å²) in [4.78, 5) is 56.5. The average Bonchev–Trinajstić information content (AvgIpc) is 1.61. The van der Waals surface area contributed by atoms with Crippen molar-refractivity contribution < 1.29 is 63.2 Å². The van der Waals surface area contributed by atoms with Crippen LogP contribution in [0.1, 0.15) is 0 Å². The van der Waals surface area contributed by atoms with Crippen molar-refractivity contribution in [3.63, 3.8) is 0 Å². The van der Waals surface area contributed by atoms with Crippen LogP contribution in [-0.2, 0) is 63.2 Å². The Labute approximate surface area is 850 Å². The van der Waals surface area contributed by atoms with Crippen LogP contribution >= 0.6 is 102 Å². The largest absolute Gasteiger partial charge is 2.00 e. The zero-order valence-corrected chi connectivity index (χ0v) is 83.9. The van der Waals surface area contributed by atoms with E-state index in [0.29, 0.717) is 0 Å². The third-order valence-corrected chi connectivity index (χ3v) is 31.0. The van der Waals surface area contributed by atoms with E-state index in [4.69, 9.17) is 29.9 Å². The van der Waals surface area contributed by atoms with Gasteiger partial charge in [0, 0.05) is 156 Å². The molecule has 0 N–H and O–H groups in total. The Morgan fingerprint density at radius 2 is 0.630 bits per heavy atom. The van der Waals surface area contributed by atoms with Crippen LogP contribution in [0.25, 0.3) is 242 Å². The first-order chi connectivity index (χ1) is 65.4. The van der Waals surface area contributed by atoms with Gasteiger partial charge in [-0.2, -0.15) is 34.0 Å². The van der Waals surface area contributed by atoms with E-state index < -0.39 is 0 Å². The number of pyridine rings is 3. The molecule has 0 aliphatic carbocycles. The first kappa shape index (κ1) is 87.4. The van der Waals surface area contributed by atoms with Crippen LogP contribution in [0.3, 0.4) is 0 Å². The van der Waals surface area contributed by atoms with Gasteiger partial charge in [-0.1, -0.05) is 113 Å². The van der Waals surface area contributed by atoms with E-state index in [0.717, 1.165) is 237 Å². The Kier molecular flexibility index (Phi) is 24.4. The molecule has 0 atom stereocenters. The summed E-state index contributed by atoms with van der Waals surface area (Å²) in [5.74, 6) is 0. The molecule has 0 unspecified atom stereocenters. The Hall–Kier alpha value is -13.0. The number of hydrogen-bond acceptors (Lipinski definition) is 21. The molecule has 15 nitrogen and oxygen atoms in total. The van der Waals surface area contributed by atoms with Gasteiger partial charge in [0.15, 0.2) is 0 Å². The molecule has 0 aliphatic rings. The summed E-state index contributed by atoms with van der Waals surface area (Å²) in [7, 11) is 0. The average molecular weight is 2440 g/mol. The van der Waals surface area contributed by atoms with Gasteiger partial charge in [-0.05, 0) is 157 Å². The number of thiazole rings is 9. The van der Waals surface area contributed by atoms with Crippen LogP contribution in [0.5, 0.6) is 0 Å². The van der Waals surface area contributed by atoms with Crippen molar-refractivity contribution in [2.45, 2.75) is 0 Å². The molecule has 0 spiro atoms. The van der Waals surface area contributed by atoms with E-state index in [1.165, 1.54) is 4.70 Å². The van der Waals surface area contributed by atoms with Crippen molar-refractivity contribution in [3.05, 3.63) is 379 Å². The fraction of sp³-hybridized carbons (Fsp3) is 0. The molecule has 15 heterocycles. The molecule has 27 heteroatoms. The van der Waals surface area contributed by atoms with Crippen molar-refractivity contribution in [3.8, 4) is 146 Å². The maximum atomic E-state index is 5.05. The normalized spacial score (nSPS) is 11.4. The molecule has 15 aromatic heterocycles. The van der Waals surface area contributed by atoms with Crippen molar-refractivity contribution in [2.24, 2.45) is 0 Å². The zero-order valence-electron chi connectivity index (χ0n) is 69.7. The number of nitrogens with zero attached hydrogens (tertiary/aromatic N) is 15. The Morgan fingerprint density at radius 3 is 1.08 bits per heavy atom. The van der Waals surface area contributed by atoms with Gasteiger partial charge in [-0.3, -0.25) is 24.9 Å². The van der Waals surface area contributed by atoms with E-state index >= 15 is 0 Å². The third kappa shape index (κ3) is 16.5. The SMILES string of the molecule is [Pt+2].[Pt+2].[Pt+2].[c-]1c(-c2ccc(-c3nccs3)cn2)cccc1-n1c2[c-]c(-c3nc4ccccc4s3)ccc2c2cc(-c3nccs3)ccc21.[c-]1c(-c2ccccn2)ccc(-c2nccs2)c1-n1c2[c-]c(-c3nc4ccccc4s3)ccc2c2cc(-c3nccs3)ccc21.[c-]1c(-c2ccccn2)cccc1-n1c2[c-]c(-c3nc4ccccc4s3)c(-c3nccs3)cc2c2cc(-c3nccs3)ccc21. The van der Waals surface area contributed by atoms with E-state index in [-0.39, 0.29) is 63.2 Å². The number of hydrogen-bond donors (Lipinski definition) is 0. The minimum absolute atomic E-state index is 0. The van der Waals surface area contributed by atoms with Crippen LogP contribution < -0.4 is 0 Å². The molecule has 0 aliphatic heterocycles. The molecule has 12 aromatic carbocycles. The first-order valence-electron chi connectivity index (χ1n) is 41.8. The Balaban J connectivity index is 0.000000116. The smallest absolute Gasteiger partial charge is 0.346 e. The number of rotatable bonds is 15.